The lowest BCUT2D eigenvalue weighted by atomic mass is 10.0. The van der Waals surface area contributed by atoms with Crippen molar-refractivity contribution in [3.63, 3.8) is 0 Å². The second-order valence-corrected chi connectivity index (χ2v) is 2.77. The second-order valence-electron chi connectivity index (χ2n) is 2.77. The van der Waals surface area contributed by atoms with Crippen LogP contribution in [-0.2, 0) is 9.47 Å². The number of ether oxygens (including phenoxy) is 2. The molecule has 1 aliphatic heterocycles. The van der Waals surface area contributed by atoms with Gasteiger partial charge in [-0.15, -0.1) is 0 Å². The van der Waals surface area contributed by atoms with Crippen molar-refractivity contribution in [2.75, 3.05) is 13.2 Å². The summed E-state index contributed by atoms with van der Waals surface area (Å²) in [7, 11) is 0. The molecule has 1 saturated heterocycles. The Labute approximate surface area is 60.9 Å². The standard InChI is InChI=1S/C7H14O3/c1-3-7(8)4-9-6(2)10-5-7/h6,8H,3-5H2,1-2H3. The molecule has 0 saturated carbocycles. The third-order valence-corrected chi connectivity index (χ3v) is 1.83. The fourth-order valence-corrected chi connectivity index (χ4v) is 0.839. The maximum Gasteiger partial charge on any atom is 0.155 e. The lowest BCUT2D eigenvalue weighted by molar-refractivity contribution is -0.245. The molecule has 1 N–H and O–H groups in total. The van der Waals surface area contributed by atoms with Gasteiger partial charge in [0.05, 0.1) is 13.2 Å². The van der Waals surface area contributed by atoms with E-state index in [2.05, 4.69) is 0 Å². The first-order chi connectivity index (χ1) is 4.66. The predicted octanol–water partition coefficient (Wildman–Crippen LogP) is 0.520. The average molecular weight is 146 g/mol. The zero-order chi connectivity index (χ0) is 7.61. The average Bonchev–Trinajstić information content (AvgIpc) is 1.96. The van der Waals surface area contributed by atoms with Crippen molar-refractivity contribution in [1.82, 2.24) is 0 Å². The molecule has 0 spiro atoms. The van der Waals surface area contributed by atoms with E-state index in [0.717, 1.165) is 0 Å². The highest BCUT2D eigenvalue weighted by atomic mass is 16.7. The molecular weight excluding hydrogens is 132 g/mol. The highest BCUT2D eigenvalue weighted by Crippen LogP contribution is 2.18. The van der Waals surface area contributed by atoms with Crippen LogP contribution in [0.2, 0.25) is 0 Å². The molecule has 1 fully saturated rings. The first-order valence-corrected chi connectivity index (χ1v) is 3.62. The zero-order valence-corrected chi connectivity index (χ0v) is 6.46. The summed E-state index contributed by atoms with van der Waals surface area (Å²) in [4.78, 5) is 0. The van der Waals surface area contributed by atoms with Gasteiger partial charge in [0.2, 0.25) is 0 Å². The molecule has 3 heteroatoms. The molecule has 3 nitrogen and oxygen atoms in total. The van der Waals surface area contributed by atoms with Gasteiger partial charge in [0.1, 0.15) is 5.60 Å². The summed E-state index contributed by atoms with van der Waals surface area (Å²) in [6.07, 6.45) is 0.520. The first-order valence-electron chi connectivity index (χ1n) is 3.62. The van der Waals surface area contributed by atoms with E-state index in [1.807, 2.05) is 13.8 Å². The lowest BCUT2D eigenvalue weighted by Gasteiger charge is -2.33. The molecule has 1 heterocycles. The van der Waals surface area contributed by atoms with Crippen LogP contribution in [0.5, 0.6) is 0 Å². The van der Waals surface area contributed by atoms with Gasteiger partial charge >= 0.3 is 0 Å². The molecule has 0 bridgehead atoms. The van der Waals surface area contributed by atoms with Crippen LogP contribution in [0, 0.1) is 0 Å². The number of rotatable bonds is 1. The molecule has 60 valence electrons. The van der Waals surface area contributed by atoms with Crippen LogP contribution in [0.4, 0.5) is 0 Å². The van der Waals surface area contributed by atoms with Gasteiger partial charge in [0, 0.05) is 0 Å². The van der Waals surface area contributed by atoms with Gasteiger partial charge < -0.3 is 14.6 Å². The van der Waals surface area contributed by atoms with Crippen LogP contribution in [0.1, 0.15) is 20.3 Å². The van der Waals surface area contributed by atoms with Crippen molar-refractivity contribution in [2.45, 2.75) is 32.2 Å². The Morgan fingerprint density at radius 2 is 2.00 bits per heavy atom. The largest absolute Gasteiger partial charge is 0.385 e. The van der Waals surface area contributed by atoms with Gasteiger partial charge in [-0.1, -0.05) is 6.92 Å². The van der Waals surface area contributed by atoms with Crippen molar-refractivity contribution >= 4 is 0 Å². The minimum absolute atomic E-state index is 0.160. The normalized spacial score (nSPS) is 41.7. The molecule has 0 radical (unpaired) electrons. The molecule has 0 aromatic rings. The summed E-state index contributed by atoms with van der Waals surface area (Å²) in [5.41, 5.74) is -0.744. The maximum atomic E-state index is 9.55. The molecule has 0 aliphatic carbocycles. The van der Waals surface area contributed by atoms with Crippen LogP contribution in [0.15, 0.2) is 0 Å². The third-order valence-electron chi connectivity index (χ3n) is 1.83. The molecule has 0 aromatic heterocycles. The summed E-state index contributed by atoms with van der Waals surface area (Å²) in [5.74, 6) is 0. The SMILES string of the molecule is CCC1(O)COC(C)OC1. The molecule has 0 atom stereocenters. The molecule has 0 aromatic carbocycles. The van der Waals surface area contributed by atoms with Crippen molar-refractivity contribution in [2.24, 2.45) is 0 Å². The lowest BCUT2D eigenvalue weighted by Crippen LogP contribution is -2.46. The molecular formula is C7H14O3. The molecule has 1 aliphatic rings. The van der Waals surface area contributed by atoms with Gasteiger partial charge in [0.25, 0.3) is 0 Å². The van der Waals surface area contributed by atoms with Crippen molar-refractivity contribution < 1.29 is 14.6 Å². The van der Waals surface area contributed by atoms with Crippen molar-refractivity contribution in [3.05, 3.63) is 0 Å². The zero-order valence-electron chi connectivity index (χ0n) is 6.46. The smallest absolute Gasteiger partial charge is 0.155 e. The summed E-state index contributed by atoms with van der Waals surface area (Å²) in [6.45, 7) is 4.54. The van der Waals surface area contributed by atoms with Crippen molar-refractivity contribution in [1.29, 1.82) is 0 Å². The molecule has 10 heavy (non-hydrogen) atoms. The Morgan fingerprint density at radius 3 is 2.40 bits per heavy atom. The van der Waals surface area contributed by atoms with E-state index in [1.54, 1.807) is 0 Å². The van der Waals surface area contributed by atoms with E-state index in [1.165, 1.54) is 0 Å². The second kappa shape index (κ2) is 2.86. The fraction of sp³-hybridized carbons (Fsp3) is 1.00. The fourth-order valence-electron chi connectivity index (χ4n) is 0.839. The summed E-state index contributed by atoms with van der Waals surface area (Å²) in [6, 6.07) is 0. The van der Waals surface area contributed by atoms with Crippen LogP contribution >= 0.6 is 0 Å². The molecule has 0 unspecified atom stereocenters. The minimum Gasteiger partial charge on any atom is -0.385 e. The monoisotopic (exact) mass is 146 g/mol. The summed E-state index contributed by atoms with van der Waals surface area (Å²) >= 11 is 0. The van der Waals surface area contributed by atoms with E-state index < -0.39 is 5.60 Å². The highest BCUT2D eigenvalue weighted by molar-refractivity contribution is 4.78. The van der Waals surface area contributed by atoms with E-state index in [9.17, 15) is 5.11 Å². The first kappa shape index (κ1) is 7.98. The summed E-state index contributed by atoms with van der Waals surface area (Å²) < 4.78 is 10.2. The highest BCUT2D eigenvalue weighted by Gasteiger charge is 2.31. The third kappa shape index (κ3) is 1.68. The van der Waals surface area contributed by atoms with Crippen LogP contribution in [0.25, 0.3) is 0 Å². The van der Waals surface area contributed by atoms with E-state index >= 15 is 0 Å². The Hall–Kier alpha value is -0.120. The molecule has 1 rings (SSSR count). The van der Waals surface area contributed by atoms with Crippen LogP contribution in [0.3, 0.4) is 0 Å². The molecule has 0 amide bonds. The Balaban J connectivity index is 2.38. The minimum atomic E-state index is -0.744. The van der Waals surface area contributed by atoms with E-state index in [-0.39, 0.29) is 6.29 Å². The summed E-state index contributed by atoms with van der Waals surface area (Å²) in [5, 5.41) is 9.55. The van der Waals surface area contributed by atoms with Crippen molar-refractivity contribution in [3.8, 4) is 0 Å². The van der Waals surface area contributed by atoms with E-state index in [4.69, 9.17) is 9.47 Å². The van der Waals surface area contributed by atoms with Gasteiger partial charge in [-0.25, -0.2) is 0 Å². The number of aliphatic hydroxyl groups is 1. The van der Waals surface area contributed by atoms with Gasteiger partial charge in [-0.05, 0) is 13.3 Å². The van der Waals surface area contributed by atoms with Gasteiger partial charge in [-0.3, -0.25) is 0 Å². The van der Waals surface area contributed by atoms with Gasteiger partial charge in [0.15, 0.2) is 6.29 Å². The van der Waals surface area contributed by atoms with Crippen LogP contribution < -0.4 is 0 Å². The Morgan fingerprint density at radius 1 is 1.50 bits per heavy atom. The Kier molecular flexibility index (Phi) is 2.28. The van der Waals surface area contributed by atoms with Crippen LogP contribution in [-0.4, -0.2) is 30.2 Å². The van der Waals surface area contributed by atoms with Gasteiger partial charge in [-0.2, -0.15) is 0 Å². The topological polar surface area (TPSA) is 38.7 Å². The quantitative estimate of drug-likeness (QED) is 0.586. The predicted molar refractivity (Wildman–Crippen MR) is 36.6 cm³/mol. The number of hydrogen-bond donors (Lipinski definition) is 1. The van der Waals surface area contributed by atoms with E-state index in [0.29, 0.717) is 19.6 Å². The number of hydrogen-bond acceptors (Lipinski definition) is 3. The maximum absolute atomic E-state index is 9.55. The Bertz CT molecular complexity index is 105.